The summed E-state index contributed by atoms with van der Waals surface area (Å²) in [5.41, 5.74) is 6.95. The van der Waals surface area contributed by atoms with Crippen molar-refractivity contribution < 1.29 is 9.47 Å². The van der Waals surface area contributed by atoms with Gasteiger partial charge in [-0.15, -0.1) is 0 Å². The monoisotopic (exact) mass is 338 g/mol. The highest BCUT2D eigenvalue weighted by atomic mass is 35.5. The molecular formula is C18H27ClN2O2. The molecule has 0 bridgehead atoms. The van der Waals surface area contributed by atoms with Crippen LogP contribution in [0.15, 0.2) is 12.1 Å². The van der Waals surface area contributed by atoms with Gasteiger partial charge in [-0.25, -0.2) is 0 Å². The van der Waals surface area contributed by atoms with E-state index in [0.29, 0.717) is 18.1 Å². The number of rotatable bonds is 5. The van der Waals surface area contributed by atoms with E-state index < -0.39 is 0 Å². The minimum atomic E-state index is 0.293. The zero-order valence-corrected chi connectivity index (χ0v) is 14.8. The molecule has 1 aliphatic heterocycles. The SMILES string of the molecule is COc1cc(C2CC(CN)CN2C)c(Cl)cc1OC1CCCC1. The Balaban J connectivity index is 1.84. The van der Waals surface area contributed by atoms with Crippen molar-refractivity contribution >= 4 is 11.6 Å². The number of likely N-dealkylation sites (tertiary alicyclic amines) is 1. The van der Waals surface area contributed by atoms with Gasteiger partial charge >= 0.3 is 0 Å². The number of nitrogens with two attached hydrogens (primary N) is 1. The van der Waals surface area contributed by atoms with Crippen LogP contribution in [-0.2, 0) is 0 Å². The fourth-order valence-electron chi connectivity index (χ4n) is 3.88. The molecule has 2 atom stereocenters. The van der Waals surface area contributed by atoms with Crippen molar-refractivity contribution in [1.82, 2.24) is 4.90 Å². The molecule has 1 heterocycles. The van der Waals surface area contributed by atoms with Crippen LogP contribution in [0.25, 0.3) is 0 Å². The molecule has 128 valence electrons. The lowest BCUT2D eigenvalue weighted by Gasteiger charge is -2.23. The van der Waals surface area contributed by atoms with E-state index in [2.05, 4.69) is 11.9 Å². The van der Waals surface area contributed by atoms with Crippen LogP contribution >= 0.6 is 11.6 Å². The van der Waals surface area contributed by atoms with Gasteiger partial charge < -0.3 is 15.2 Å². The van der Waals surface area contributed by atoms with Gasteiger partial charge in [-0.1, -0.05) is 11.6 Å². The molecule has 3 rings (SSSR count). The molecule has 1 saturated heterocycles. The maximum atomic E-state index is 6.59. The summed E-state index contributed by atoms with van der Waals surface area (Å²) in [5, 5.41) is 0.758. The molecule has 0 radical (unpaired) electrons. The van der Waals surface area contributed by atoms with Crippen molar-refractivity contribution in [2.45, 2.75) is 44.2 Å². The van der Waals surface area contributed by atoms with Gasteiger partial charge in [0, 0.05) is 23.7 Å². The van der Waals surface area contributed by atoms with E-state index in [4.69, 9.17) is 26.8 Å². The van der Waals surface area contributed by atoms with Crippen LogP contribution in [0.2, 0.25) is 5.02 Å². The number of halogens is 1. The first-order chi connectivity index (χ1) is 11.1. The van der Waals surface area contributed by atoms with E-state index in [-0.39, 0.29) is 0 Å². The second-order valence-corrected chi connectivity index (χ2v) is 7.25. The average molecular weight is 339 g/mol. The van der Waals surface area contributed by atoms with Gasteiger partial charge in [0.05, 0.1) is 13.2 Å². The molecule has 5 heteroatoms. The summed E-state index contributed by atoms with van der Waals surface area (Å²) in [6.07, 6.45) is 6.05. The summed E-state index contributed by atoms with van der Waals surface area (Å²) in [7, 11) is 3.82. The van der Waals surface area contributed by atoms with Gasteiger partial charge in [0.2, 0.25) is 0 Å². The van der Waals surface area contributed by atoms with Gasteiger partial charge in [0.25, 0.3) is 0 Å². The third-order valence-corrected chi connectivity index (χ3v) is 5.53. The topological polar surface area (TPSA) is 47.7 Å². The molecule has 2 N–H and O–H groups in total. The Morgan fingerprint density at radius 3 is 2.61 bits per heavy atom. The molecule has 0 aromatic heterocycles. The first-order valence-corrected chi connectivity index (χ1v) is 8.94. The lowest BCUT2D eigenvalue weighted by atomic mass is 9.99. The smallest absolute Gasteiger partial charge is 0.163 e. The fraction of sp³-hybridized carbons (Fsp3) is 0.667. The Kier molecular flexibility index (Phi) is 5.34. The predicted molar refractivity (Wildman–Crippen MR) is 93.4 cm³/mol. The first-order valence-electron chi connectivity index (χ1n) is 8.56. The zero-order valence-electron chi connectivity index (χ0n) is 14.1. The predicted octanol–water partition coefficient (Wildman–Crippen LogP) is 3.62. The molecule has 1 aliphatic carbocycles. The van der Waals surface area contributed by atoms with Crippen LogP contribution in [0.3, 0.4) is 0 Å². The molecule has 4 nitrogen and oxygen atoms in total. The molecule has 1 aromatic carbocycles. The first kappa shape index (κ1) is 16.9. The van der Waals surface area contributed by atoms with E-state index in [9.17, 15) is 0 Å². The summed E-state index contributed by atoms with van der Waals surface area (Å²) in [5.74, 6) is 2.08. The van der Waals surface area contributed by atoms with Crippen LogP contribution in [0.5, 0.6) is 11.5 Å². The zero-order chi connectivity index (χ0) is 16.4. The second-order valence-electron chi connectivity index (χ2n) is 6.84. The van der Waals surface area contributed by atoms with Gasteiger partial charge in [0.1, 0.15) is 0 Å². The van der Waals surface area contributed by atoms with E-state index >= 15 is 0 Å². The Morgan fingerprint density at radius 1 is 1.26 bits per heavy atom. The van der Waals surface area contributed by atoms with Crippen LogP contribution in [0, 0.1) is 5.92 Å². The molecular weight excluding hydrogens is 312 g/mol. The Hall–Kier alpha value is -0.970. The average Bonchev–Trinajstić information content (AvgIpc) is 3.17. The van der Waals surface area contributed by atoms with Crippen LogP contribution in [0.1, 0.15) is 43.7 Å². The number of methoxy groups -OCH3 is 1. The van der Waals surface area contributed by atoms with Crippen LogP contribution < -0.4 is 15.2 Å². The molecule has 0 spiro atoms. The summed E-state index contributed by atoms with van der Waals surface area (Å²) in [4.78, 5) is 2.33. The van der Waals surface area contributed by atoms with Crippen molar-refractivity contribution in [3.05, 3.63) is 22.7 Å². The van der Waals surface area contributed by atoms with Gasteiger partial charge in [-0.3, -0.25) is 4.90 Å². The molecule has 2 unspecified atom stereocenters. The Labute approximate surface area is 143 Å². The molecule has 2 fully saturated rings. The van der Waals surface area contributed by atoms with E-state index in [1.54, 1.807) is 7.11 Å². The highest BCUT2D eigenvalue weighted by Crippen LogP contribution is 2.43. The molecule has 0 amide bonds. The molecule has 2 aliphatic rings. The van der Waals surface area contributed by atoms with E-state index in [0.717, 1.165) is 54.4 Å². The minimum absolute atomic E-state index is 0.293. The highest BCUT2D eigenvalue weighted by Gasteiger charge is 2.32. The molecule has 1 saturated carbocycles. The molecule has 23 heavy (non-hydrogen) atoms. The molecule has 1 aromatic rings. The number of hydrogen-bond donors (Lipinski definition) is 1. The van der Waals surface area contributed by atoms with Gasteiger partial charge in [-0.2, -0.15) is 0 Å². The third-order valence-electron chi connectivity index (χ3n) is 5.21. The minimum Gasteiger partial charge on any atom is -0.493 e. The Morgan fingerprint density at radius 2 is 2.00 bits per heavy atom. The van der Waals surface area contributed by atoms with E-state index in [1.165, 1.54) is 12.8 Å². The normalized spacial score (nSPS) is 25.9. The lowest BCUT2D eigenvalue weighted by Crippen LogP contribution is -2.21. The van der Waals surface area contributed by atoms with Crippen molar-refractivity contribution in [3.8, 4) is 11.5 Å². The summed E-state index contributed by atoms with van der Waals surface area (Å²) in [6.45, 7) is 1.73. The van der Waals surface area contributed by atoms with Crippen LogP contribution in [0.4, 0.5) is 0 Å². The number of hydrogen-bond acceptors (Lipinski definition) is 4. The van der Waals surface area contributed by atoms with Gasteiger partial charge in [0.15, 0.2) is 11.5 Å². The summed E-state index contributed by atoms with van der Waals surface area (Å²) in [6, 6.07) is 4.27. The van der Waals surface area contributed by atoms with Crippen molar-refractivity contribution in [2.75, 3.05) is 27.2 Å². The van der Waals surface area contributed by atoms with E-state index in [1.807, 2.05) is 12.1 Å². The summed E-state index contributed by atoms with van der Waals surface area (Å²) >= 11 is 6.59. The maximum Gasteiger partial charge on any atom is 0.163 e. The summed E-state index contributed by atoms with van der Waals surface area (Å²) < 4.78 is 11.7. The fourth-order valence-corrected chi connectivity index (χ4v) is 4.16. The van der Waals surface area contributed by atoms with Crippen LogP contribution in [-0.4, -0.2) is 38.3 Å². The maximum absolute atomic E-state index is 6.59. The Bertz CT molecular complexity index is 546. The second kappa shape index (κ2) is 7.29. The number of ether oxygens (including phenoxy) is 2. The van der Waals surface area contributed by atoms with Crippen molar-refractivity contribution in [3.63, 3.8) is 0 Å². The highest BCUT2D eigenvalue weighted by molar-refractivity contribution is 6.31. The van der Waals surface area contributed by atoms with Crippen molar-refractivity contribution in [2.24, 2.45) is 11.7 Å². The van der Waals surface area contributed by atoms with Crippen molar-refractivity contribution in [1.29, 1.82) is 0 Å². The third kappa shape index (κ3) is 3.59. The number of nitrogens with zero attached hydrogens (tertiary/aromatic N) is 1. The lowest BCUT2D eigenvalue weighted by molar-refractivity contribution is 0.200. The quantitative estimate of drug-likeness (QED) is 0.890. The van der Waals surface area contributed by atoms with Gasteiger partial charge in [-0.05, 0) is 63.2 Å². The standard InChI is InChI=1S/C18H27ClN2O2/c1-21-11-12(10-20)7-16(21)14-8-17(22-2)18(9-15(14)19)23-13-5-3-4-6-13/h8-9,12-13,16H,3-7,10-11,20H2,1-2H3. The number of benzene rings is 1. The largest absolute Gasteiger partial charge is 0.493 e.